The number of rotatable bonds is 4. The minimum Gasteiger partial charge on any atom is -0.324 e. The van der Waals surface area contributed by atoms with E-state index in [1.165, 1.54) is 6.07 Å². The van der Waals surface area contributed by atoms with Crippen LogP contribution in [0.3, 0.4) is 0 Å². The van der Waals surface area contributed by atoms with Crippen LogP contribution in [0.4, 0.5) is 5.69 Å². The van der Waals surface area contributed by atoms with Gasteiger partial charge >= 0.3 is 0 Å². The van der Waals surface area contributed by atoms with Gasteiger partial charge in [-0.15, -0.1) is 11.3 Å². The van der Waals surface area contributed by atoms with Gasteiger partial charge in [0.15, 0.2) is 0 Å². The molecule has 0 fully saturated rings. The average Bonchev–Trinajstić information content (AvgIpc) is 2.76. The highest BCUT2D eigenvalue weighted by atomic mass is 35.5. The molecule has 102 valence electrons. The monoisotopic (exact) mass is 316 g/mol. The van der Waals surface area contributed by atoms with Gasteiger partial charge in [0.05, 0.1) is 10.0 Å². The fourth-order valence-corrected chi connectivity index (χ4v) is 4.19. The molecule has 0 amide bonds. The summed E-state index contributed by atoms with van der Waals surface area (Å²) in [4.78, 5) is 0. The van der Waals surface area contributed by atoms with Crippen LogP contribution in [0, 0.1) is 0 Å². The maximum atomic E-state index is 12.2. The van der Waals surface area contributed by atoms with Crippen LogP contribution >= 0.6 is 22.9 Å². The zero-order valence-electron chi connectivity index (χ0n) is 10.1. The smallest absolute Gasteiger partial charge is 0.271 e. The van der Waals surface area contributed by atoms with E-state index >= 15 is 0 Å². The first kappa shape index (κ1) is 14.3. The predicted octanol–water partition coefficient (Wildman–Crippen LogP) is 3.22. The van der Waals surface area contributed by atoms with Crippen molar-refractivity contribution in [2.45, 2.75) is 17.2 Å². The third-order valence-electron chi connectivity index (χ3n) is 2.51. The van der Waals surface area contributed by atoms with Crippen molar-refractivity contribution in [3.63, 3.8) is 0 Å². The maximum absolute atomic E-state index is 12.2. The molecule has 19 heavy (non-hydrogen) atoms. The lowest BCUT2D eigenvalue weighted by Gasteiger charge is -2.13. The maximum Gasteiger partial charge on any atom is 0.271 e. The Hall–Kier alpha value is -1.08. The molecule has 7 heteroatoms. The predicted molar refractivity (Wildman–Crippen MR) is 79.2 cm³/mol. The SMILES string of the molecule is CC(N)c1ccccc1NS(=O)(=O)c1ccc(Cl)s1. The molecule has 0 saturated carbocycles. The summed E-state index contributed by atoms with van der Waals surface area (Å²) in [5, 5.41) is 0. The van der Waals surface area contributed by atoms with E-state index in [1.807, 2.05) is 6.07 Å². The van der Waals surface area contributed by atoms with E-state index in [-0.39, 0.29) is 10.3 Å². The summed E-state index contributed by atoms with van der Waals surface area (Å²) in [5.41, 5.74) is 7.06. The second-order valence-electron chi connectivity index (χ2n) is 4.04. The van der Waals surface area contributed by atoms with Crippen LogP contribution in [-0.4, -0.2) is 8.42 Å². The Kier molecular flexibility index (Phi) is 4.15. The Balaban J connectivity index is 2.36. The Morgan fingerprint density at radius 1 is 1.26 bits per heavy atom. The van der Waals surface area contributed by atoms with Crippen LogP contribution in [0.5, 0.6) is 0 Å². The van der Waals surface area contributed by atoms with Crippen molar-refractivity contribution in [3.05, 3.63) is 46.3 Å². The van der Waals surface area contributed by atoms with Crippen molar-refractivity contribution < 1.29 is 8.42 Å². The van der Waals surface area contributed by atoms with Gasteiger partial charge in [-0.25, -0.2) is 8.42 Å². The molecule has 1 aromatic heterocycles. The van der Waals surface area contributed by atoms with Crippen molar-refractivity contribution in [1.82, 2.24) is 0 Å². The summed E-state index contributed by atoms with van der Waals surface area (Å²) in [6, 6.07) is 9.83. The zero-order chi connectivity index (χ0) is 14.0. The number of nitrogens with one attached hydrogen (secondary N) is 1. The number of hydrogen-bond donors (Lipinski definition) is 2. The number of nitrogens with two attached hydrogens (primary N) is 1. The second kappa shape index (κ2) is 5.50. The van der Waals surface area contributed by atoms with Crippen LogP contribution < -0.4 is 10.5 Å². The molecule has 2 aromatic rings. The van der Waals surface area contributed by atoms with E-state index < -0.39 is 10.0 Å². The molecule has 1 unspecified atom stereocenters. The molecule has 2 rings (SSSR count). The fraction of sp³-hybridized carbons (Fsp3) is 0.167. The van der Waals surface area contributed by atoms with E-state index in [9.17, 15) is 8.42 Å². The molecule has 4 nitrogen and oxygen atoms in total. The molecule has 0 radical (unpaired) electrons. The van der Waals surface area contributed by atoms with Gasteiger partial charge in [-0.3, -0.25) is 4.72 Å². The summed E-state index contributed by atoms with van der Waals surface area (Å²) in [6.45, 7) is 1.80. The van der Waals surface area contributed by atoms with Crippen LogP contribution in [0.2, 0.25) is 4.34 Å². The number of halogens is 1. The highest BCUT2D eigenvalue weighted by molar-refractivity contribution is 7.94. The first-order valence-corrected chi connectivity index (χ1v) is 8.20. The molecular weight excluding hydrogens is 304 g/mol. The topological polar surface area (TPSA) is 72.2 Å². The van der Waals surface area contributed by atoms with Gasteiger partial charge in [0.25, 0.3) is 10.0 Å². The number of anilines is 1. The van der Waals surface area contributed by atoms with E-state index in [0.717, 1.165) is 16.9 Å². The summed E-state index contributed by atoms with van der Waals surface area (Å²) in [5.74, 6) is 0. The van der Waals surface area contributed by atoms with Crippen molar-refractivity contribution in [2.75, 3.05) is 4.72 Å². The Morgan fingerprint density at radius 3 is 2.53 bits per heavy atom. The molecular formula is C12H13ClN2O2S2. The number of para-hydroxylation sites is 1. The lowest BCUT2D eigenvalue weighted by Crippen LogP contribution is -2.15. The molecule has 0 saturated heterocycles. The van der Waals surface area contributed by atoms with Gasteiger partial charge in [-0.2, -0.15) is 0 Å². The van der Waals surface area contributed by atoms with Crippen LogP contribution in [-0.2, 0) is 10.0 Å². The number of benzene rings is 1. The van der Waals surface area contributed by atoms with Crippen molar-refractivity contribution >= 4 is 38.6 Å². The molecule has 1 aromatic carbocycles. The summed E-state index contributed by atoms with van der Waals surface area (Å²) in [7, 11) is -3.62. The molecule has 0 aliphatic rings. The molecule has 0 bridgehead atoms. The van der Waals surface area contributed by atoms with Crippen molar-refractivity contribution in [1.29, 1.82) is 0 Å². The Morgan fingerprint density at radius 2 is 1.95 bits per heavy atom. The van der Waals surface area contributed by atoms with Crippen LogP contribution in [0.15, 0.2) is 40.6 Å². The minimum atomic E-state index is -3.62. The highest BCUT2D eigenvalue weighted by Gasteiger charge is 2.18. The Labute approximate surface area is 121 Å². The molecule has 3 N–H and O–H groups in total. The van der Waals surface area contributed by atoms with E-state index in [1.54, 1.807) is 31.2 Å². The average molecular weight is 317 g/mol. The summed E-state index contributed by atoms with van der Waals surface area (Å²) >= 11 is 6.77. The standard InChI is InChI=1S/C12H13ClN2O2S2/c1-8(14)9-4-2-3-5-10(9)15-19(16,17)12-7-6-11(13)18-12/h2-8,15H,14H2,1H3. The third-order valence-corrected chi connectivity index (χ3v) is 5.60. The van der Waals surface area contributed by atoms with Gasteiger partial charge in [-0.05, 0) is 30.7 Å². The van der Waals surface area contributed by atoms with Gasteiger partial charge in [0, 0.05) is 6.04 Å². The summed E-state index contributed by atoms with van der Waals surface area (Å²) in [6.07, 6.45) is 0. The minimum absolute atomic E-state index is 0.178. The van der Waals surface area contributed by atoms with Crippen LogP contribution in [0.25, 0.3) is 0 Å². The first-order valence-electron chi connectivity index (χ1n) is 5.53. The van der Waals surface area contributed by atoms with Gasteiger partial charge in [-0.1, -0.05) is 29.8 Å². The molecule has 1 atom stereocenters. The van der Waals surface area contributed by atoms with Crippen molar-refractivity contribution in [2.24, 2.45) is 5.73 Å². The zero-order valence-corrected chi connectivity index (χ0v) is 12.5. The summed E-state index contributed by atoms with van der Waals surface area (Å²) < 4.78 is 27.5. The van der Waals surface area contributed by atoms with E-state index in [0.29, 0.717) is 10.0 Å². The van der Waals surface area contributed by atoms with Gasteiger partial charge in [0.2, 0.25) is 0 Å². The van der Waals surface area contributed by atoms with E-state index in [4.69, 9.17) is 17.3 Å². The Bertz CT molecular complexity index is 681. The van der Waals surface area contributed by atoms with Gasteiger partial charge < -0.3 is 5.73 Å². The molecule has 1 heterocycles. The van der Waals surface area contributed by atoms with E-state index in [2.05, 4.69) is 4.72 Å². The van der Waals surface area contributed by atoms with Crippen molar-refractivity contribution in [3.8, 4) is 0 Å². The largest absolute Gasteiger partial charge is 0.324 e. The first-order chi connectivity index (χ1) is 8.90. The molecule has 0 aliphatic carbocycles. The second-order valence-corrected chi connectivity index (χ2v) is 7.66. The normalized spacial score (nSPS) is 13.2. The highest BCUT2D eigenvalue weighted by Crippen LogP contribution is 2.29. The van der Waals surface area contributed by atoms with Gasteiger partial charge in [0.1, 0.15) is 4.21 Å². The molecule has 0 spiro atoms. The number of sulfonamides is 1. The van der Waals surface area contributed by atoms with Crippen LogP contribution in [0.1, 0.15) is 18.5 Å². The number of thiophene rings is 1. The lowest BCUT2D eigenvalue weighted by molar-refractivity contribution is 0.603. The molecule has 0 aliphatic heterocycles. The quantitative estimate of drug-likeness (QED) is 0.909. The number of hydrogen-bond acceptors (Lipinski definition) is 4. The lowest BCUT2D eigenvalue weighted by atomic mass is 10.1. The third kappa shape index (κ3) is 3.27. The fourth-order valence-electron chi connectivity index (χ4n) is 1.62.